The molecule has 1 aromatic carbocycles. The number of H-pyrrole nitrogens is 1. The number of rotatable bonds is 2. The first-order valence-electron chi connectivity index (χ1n) is 7.64. The van der Waals surface area contributed by atoms with Gasteiger partial charge >= 0.3 is 0 Å². The molecule has 4 heterocycles. The van der Waals surface area contributed by atoms with Crippen LogP contribution in [0, 0.1) is 0 Å². The number of nitrogens with zero attached hydrogens (tertiary/aromatic N) is 2. The zero-order valence-electron chi connectivity index (χ0n) is 12.9. The summed E-state index contributed by atoms with van der Waals surface area (Å²) < 4.78 is 0. The third-order valence-electron chi connectivity index (χ3n) is 4.08. The van der Waals surface area contributed by atoms with Crippen molar-refractivity contribution in [2.45, 2.75) is 6.61 Å². The lowest BCUT2D eigenvalue weighted by Gasteiger charge is -2.03. The molecule has 0 saturated heterocycles. The van der Waals surface area contributed by atoms with Gasteiger partial charge in [0.2, 0.25) is 0 Å². The molecule has 0 bridgehead atoms. The number of pyridine rings is 2. The van der Waals surface area contributed by atoms with E-state index < -0.39 is 0 Å². The van der Waals surface area contributed by atoms with Crippen molar-refractivity contribution >= 4 is 22.2 Å². The van der Waals surface area contributed by atoms with Crippen LogP contribution in [-0.4, -0.2) is 15.0 Å². The Bertz CT molecular complexity index is 1150. The molecular weight excluding hydrogens is 338 g/mol. The Labute approximate surface area is 145 Å². The first-order chi connectivity index (χ1) is 12.3. The molecule has 3 aromatic heterocycles. The molecular formula is C18H11N3O3S. The molecule has 0 amide bonds. The molecule has 6 nitrogen and oxygen atoms in total. The molecule has 0 fully saturated rings. The van der Waals surface area contributed by atoms with Gasteiger partial charge in [0.25, 0.3) is 5.56 Å². The van der Waals surface area contributed by atoms with Crippen LogP contribution in [0.1, 0.15) is 5.56 Å². The lowest BCUT2D eigenvalue weighted by atomic mass is 10.1. The molecule has 1 N–H and O–H groups in total. The van der Waals surface area contributed by atoms with Crippen molar-refractivity contribution in [2.75, 3.05) is 0 Å². The van der Waals surface area contributed by atoms with Gasteiger partial charge in [-0.3, -0.25) is 9.78 Å². The van der Waals surface area contributed by atoms with Crippen molar-refractivity contribution < 1.29 is 9.78 Å². The van der Waals surface area contributed by atoms with Crippen molar-refractivity contribution in [1.29, 1.82) is 0 Å². The second-order valence-corrected chi connectivity index (χ2v) is 6.54. The number of fused-ring (bicyclic) bond motifs is 2. The standard InChI is InChI=1S/C18H11N3O3S/c22-17-13(15-9-25-18(21-15)10-2-1-3-19-7-10)4-11-6-16-12(8-23-24-16)5-14(11)20-17/h1-7,9H,8H2,(H,20,22). The molecule has 0 radical (unpaired) electrons. The lowest BCUT2D eigenvalue weighted by molar-refractivity contribution is -0.194. The van der Waals surface area contributed by atoms with Crippen molar-refractivity contribution in [3.8, 4) is 27.6 Å². The Kier molecular flexibility index (Phi) is 3.16. The Balaban J connectivity index is 1.63. The van der Waals surface area contributed by atoms with Crippen LogP contribution < -0.4 is 10.4 Å². The molecule has 0 saturated carbocycles. The zero-order valence-corrected chi connectivity index (χ0v) is 13.7. The average molecular weight is 349 g/mol. The fourth-order valence-electron chi connectivity index (χ4n) is 2.84. The van der Waals surface area contributed by atoms with Crippen molar-refractivity contribution in [2.24, 2.45) is 0 Å². The average Bonchev–Trinajstić information content (AvgIpc) is 3.29. The summed E-state index contributed by atoms with van der Waals surface area (Å²) in [5.74, 6) is 0.680. The van der Waals surface area contributed by atoms with Gasteiger partial charge in [-0.1, -0.05) is 0 Å². The molecule has 0 spiro atoms. The van der Waals surface area contributed by atoms with Crippen LogP contribution >= 0.6 is 11.3 Å². The Morgan fingerprint density at radius 2 is 2.20 bits per heavy atom. The molecule has 1 aliphatic rings. The number of benzene rings is 1. The van der Waals surface area contributed by atoms with Gasteiger partial charge in [0.1, 0.15) is 11.6 Å². The number of nitrogens with one attached hydrogen (secondary N) is 1. The molecule has 0 aliphatic carbocycles. The van der Waals surface area contributed by atoms with Crippen LogP contribution in [0.5, 0.6) is 5.75 Å². The van der Waals surface area contributed by atoms with Crippen LogP contribution in [0.4, 0.5) is 0 Å². The quantitative estimate of drug-likeness (QED) is 0.560. The van der Waals surface area contributed by atoms with Crippen LogP contribution in [-0.2, 0) is 11.5 Å². The number of aromatic amines is 1. The summed E-state index contributed by atoms with van der Waals surface area (Å²) in [5, 5.41) is 3.58. The first-order valence-corrected chi connectivity index (χ1v) is 8.51. The van der Waals surface area contributed by atoms with Gasteiger partial charge in [0.15, 0.2) is 5.75 Å². The number of aromatic nitrogens is 3. The van der Waals surface area contributed by atoms with Crippen molar-refractivity contribution in [3.05, 3.63) is 64.0 Å². The highest BCUT2D eigenvalue weighted by atomic mass is 32.1. The molecule has 5 rings (SSSR count). The fourth-order valence-corrected chi connectivity index (χ4v) is 3.65. The fraction of sp³-hybridized carbons (Fsp3) is 0.0556. The van der Waals surface area contributed by atoms with E-state index in [1.165, 1.54) is 11.3 Å². The third kappa shape index (κ3) is 2.41. The summed E-state index contributed by atoms with van der Waals surface area (Å²) in [6.45, 7) is 0.385. The molecule has 25 heavy (non-hydrogen) atoms. The van der Waals surface area contributed by atoms with E-state index in [1.54, 1.807) is 12.4 Å². The van der Waals surface area contributed by atoms with Crippen molar-refractivity contribution in [3.63, 3.8) is 0 Å². The number of hydrogen-bond acceptors (Lipinski definition) is 6. The van der Waals surface area contributed by atoms with E-state index in [4.69, 9.17) is 9.78 Å². The summed E-state index contributed by atoms with van der Waals surface area (Å²) >= 11 is 1.48. The predicted octanol–water partition coefficient (Wildman–Crippen LogP) is 3.54. The largest absolute Gasteiger partial charge is 0.337 e. The summed E-state index contributed by atoms with van der Waals surface area (Å²) in [7, 11) is 0. The van der Waals surface area contributed by atoms with Crippen LogP contribution in [0.3, 0.4) is 0 Å². The molecule has 4 aromatic rings. The van der Waals surface area contributed by atoms with Crippen LogP contribution in [0.15, 0.2) is 52.9 Å². The maximum absolute atomic E-state index is 12.5. The molecule has 1 aliphatic heterocycles. The second-order valence-electron chi connectivity index (χ2n) is 5.68. The summed E-state index contributed by atoms with van der Waals surface area (Å²) in [6.07, 6.45) is 3.48. The van der Waals surface area contributed by atoms with E-state index in [9.17, 15) is 4.79 Å². The minimum Gasteiger partial charge on any atom is -0.337 e. The van der Waals surface area contributed by atoms with Crippen LogP contribution in [0.2, 0.25) is 0 Å². The van der Waals surface area contributed by atoms with Gasteiger partial charge in [-0.15, -0.1) is 11.3 Å². The molecule has 122 valence electrons. The maximum atomic E-state index is 12.5. The van der Waals surface area contributed by atoms with Gasteiger partial charge < -0.3 is 9.87 Å². The van der Waals surface area contributed by atoms with E-state index in [1.807, 2.05) is 35.7 Å². The Hall–Kier alpha value is -3.03. The SMILES string of the molecule is O=c1[nH]c2cc3c(cc2cc1-c1csc(-c2cccnc2)n1)OOC3. The predicted molar refractivity (Wildman–Crippen MR) is 94.3 cm³/mol. The molecule has 0 atom stereocenters. The maximum Gasteiger partial charge on any atom is 0.257 e. The van der Waals surface area contributed by atoms with Gasteiger partial charge in [-0.25, -0.2) is 4.98 Å². The highest BCUT2D eigenvalue weighted by Crippen LogP contribution is 2.32. The Morgan fingerprint density at radius 1 is 1.24 bits per heavy atom. The number of thiazole rings is 1. The summed E-state index contributed by atoms with van der Waals surface area (Å²) in [4.78, 5) is 34.2. The first kappa shape index (κ1) is 14.3. The molecule has 7 heteroatoms. The molecule has 0 unspecified atom stereocenters. The van der Waals surface area contributed by atoms with Gasteiger partial charge in [-0.2, -0.15) is 4.89 Å². The van der Waals surface area contributed by atoms with Gasteiger partial charge in [-0.05, 0) is 30.3 Å². The van der Waals surface area contributed by atoms with E-state index in [0.29, 0.717) is 23.6 Å². The van der Waals surface area contributed by atoms with Crippen LogP contribution in [0.25, 0.3) is 32.7 Å². The third-order valence-corrected chi connectivity index (χ3v) is 4.97. The van der Waals surface area contributed by atoms with E-state index in [2.05, 4.69) is 15.0 Å². The monoisotopic (exact) mass is 349 g/mol. The normalized spacial score (nSPS) is 13.0. The van der Waals surface area contributed by atoms with E-state index >= 15 is 0 Å². The van der Waals surface area contributed by atoms with Crippen molar-refractivity contribution in [1.82, 2.24) is 15.0 Å². The highest BCUT2D eigenvalue weighted by molar-refractivity contribution is 7.13. The smallest absolute Gasteiger partial charge is 0.257 e. The van der Waals surface area contributed by atoms with E-state index in [-0.39, 0.29) is 5.56 Å². The minimum atomic E-state index is -0.171. The minimum absolute atomic E-state index is 0.171. The Morgan fingerprint density at radius 3 is 3.08 bits per heavy atom. The lowest BCUT2D eigenvalue weighted by Crippen LogP contribution is -2.09. The summed E-state index contributed by atoms with van der Waals surface area (Å²) in [6, 6.07) is 9.39. The van der Waals surface area contributed by atoms with E-state index in [0.717, 1.165) is 27.0 Å². The van der Waals surface area contributed by atoms with Gasteiger partial charge in [0, 0.05) is 39.8 Å². The second kappa shape index (κ2) is 5.51. The summed E-state index contributed by atoms with van der Waals surface area (Å²) in [5.41, 5.74) is 3.60. The number of hydrogen-bond donors (Lipinski definition) is 1. The zero-order chi connectivity index (χ0) is 16.8. The van der Waals surface area contributed by atoms with Gasteiger partial charge in [0.05, 0.1) is 11.3 Å². The topological polar surface area (TPSA) is 77.1 Å². The highest BCUT2D eigenvalue weighted by Gasteiger charge is 2.17.